The van der Waals surface area contributed by atoms with Gasteiger partial charge in [0.25, 0.3) is 0 Å². The standard InChI is InChI=1S/C74H74N4/c1-39(2)69-43(9)27-53(28-44(69)10)75(54-29-45(11)70(40(3)4)46(12)30-54)51-23-25-57-59-19-17-21-61-63-38-68-64(37-67(63)77(73(59)61)65(57)35-51)62-22-18-20-60-58-26-24-52(36-66(58)78(68)74(60)62)76(55-31-47(13)71(41(5)6)48(14)32-55)56-33-49(15)72(42(7)8)50(16)34-56/h17-42H,1-16H3. The third kappa shape index (κ3) is 7.24. The molecule has 13 rings (SSSR count). The van der Waals surface area contributed by atoms with Crippen LogP contribution in [0.3, 0.4) is 0 Å². The summed E-state index contributed by atoms with van der Waals surface area (Å²) < 4.78 is 5.16. The van der Waals surface area contributed by atoms with E-state index in [0.29, 0.717) is 23.7 Å². The lowest BCUT2D eigenvalue weighted by atomic mass is 9.91. The molecule has 13 aromatic rings. The second-order valence-corrected chi connectivity index (χ2v) is 24.6. The number of hydrogen-bond acceptors (Lipinski definition) is 2. The van der Waals surface area contributed by atoms with E-state index >= 15 is 0 Å². The van der Waals surface area contributed by atoms with Crippen LogP contribution in [0.5, 0.6) is 0 Å². The normalized spacial score (nSPS) is 12.6. The predicted molar refractivity (Wildman–Crippen MR) is 339 cm³/mol. The Labute approximate surface area is 461 Å². The van der Waals surface area contributed by atoms with Crippen molar-refractivity contribution in [2.45, 2.75) is 134 Å². The Hall–Kier alpha value is -7.82. The summed E-state index contributed by atoms with van der Waals surface area (Å²) in [5.74, 6) is 1.79. The number of nitrogens with zero attached hydrogens (tertiary/aromatic N) is 4. The largest absolute Gasteiger partial charge is 0.310 e. The van der Waals surface area contributed by atoms with E-state index in [1.807, 2.05) is 0 Å². The van der Waals surface area contributed by atoms with Crippen LogP contribution in [0.1, 0.15) is 146 Å². The molecule has 0 unspecified atom stereocenters. The van der Waals surface area contributed by atoms with Crippen LogP contribution >= 0.6 is 0 Å². The van der Waals surface area contributed by atoms with Gasteiger partial charge in [0.15, 0.2) is 0 Å². The van der Waals surface area contributed by atoms with Gasteiger partial charge in [-0.05, 0) is 231 Å². The van der Waals surface area contributed by atoms with Gasteiger partial charge in [0.2, 0.25) is 0 Å². The first kappa shape index (κ1) is 49.7. The summed E-state index contributed by atoms with van der Waals surface area (Å²) >= 11 is 0. The van der Waals surface area contributed by atoms with Crippen molar-refractivity contribution in [3.63, 3.8) is 0 Å². The smallest absolute Gasteiger partial charge is 0.0620 e. The molecule has 0 spiro atoms. The Morgan fingerprint density at radius 1 is 0.256 bits per heavy atom. The number of anilines is 6. The summed E-state index contributed by atoms with van der Waals surface area (Å²) in [5.41, 5.74) is 31.0. The fourth-order valence-electron chi connectivity index (χ4n) is 15.6. The molecule has 390 valence electrons. The molecule has 4 nitrogen and oxygen atoms in total. The van der Waals surface area contributed by atoms with Gasteiger partial charge in [0.05, 0.1) is 33.1 Å². The average Bonchev–Trinajstić information content (AvgIpc) is 3.18. The minimum Gasteiger partial charge on any atom is -0.310 e. The molecule has 0 bridgehead atoms. The number of benzene rings is 9. The van der Waals surface area contributed by atoms with Gasteiger partial charge in [-0.1, -0.05) is 104 Å². The van der Waals surface area contributed by atoms with Gasteiger partial charge in [-0.15, -0.1) is 0 Å². The highest BCUT2D eigenvalue weighted by atomic mass is 15.2. The fraction of sp³-hybridized carbons (Fsp3) is 0.270. The molecule has 0 atom stereocenters. The summed E-state index contributed by atoms with van der Waals surface area (Å²) in [6.45, 7) is 36.8. The van der Waals surface area contributed by atoms with Crippen LogP contribution in [0.4, 0.5) is 34.1 Å². The highest BCUT2D eigenvalue weighted by Gasteiger charge is 2.27. The van der Waals surface area contributed by atoms with Crippen LogP contribution in [-0.4, -0.2) is 8.80 Å². The molecule has 4 heteroatoms. The molecule has 0 aliphatic heterocycles. The summed E-state index contributed by atoms with van der Waals surface area (Å²) in [4.78, 5) is 5.02. The third-order valence-electron chi connectivity index (χ3n) is 17.9. The van der Waals surface area contributed by atoms with Gasteiger partial charge in [0.1, 0.15) is 0 Å². The number of aryl methyl sites for hydroxylation is 8. The van der Waals surface area contributed by atoms with Crippen molar-refractivity contribution in [2.24, 2.45) is 0 Å². The number of para-hydroxylation sites is 2. The van der Waals surface area contributed by atoms with E-state index < -0.39 is 0 Å². The Balaban J connectivity index is 1.05. The topological polar surface area (TPSA) is 15.3 Å². The molecule has 78 heavy (non-hydrogen) atoms. The van der Waals surface area contributed by atoms with Crippen molar-refractivity contribution in [1.29, 1.82) is 0 Å². The van der Waals surface area contributed by atoms with Crippen molar-refractivity contribution >= 4 is 110 Å². The number of aromatic nitrogens is 2. The van der Waals surface area contributed by atoms with Crippen LogP contribution in [0.15, 0.2) is 133 Å². The Bertz CT molecular complexity index is 4090. The van der Waals surface area contributed by atoms with E-state index in [9.17, 15) is 0 Å². The van der Waals surface area contributed by atoms with Gasteiger partial charge in [-0.2, -0.15) is 0 Å². The van der Waals surface area contributed by atoms with E-state index in [4.69, 9.17) is 0 Å². The Morgan fingerprint density at radius 3 is 0.756 bits per heavy atom. The van der Waals surface area contributed by atoms with Crippen molar-refractivity contribution in [3.05, 3.63) is 200 Å². The van der Waals surface area contributed by atoms with E-state index in [0.717, 1.165) is 11.4 Å². The van der Waals surface area contributed by atoms with E-state index in [1.165, 1.54) is 166 Å². The zero-order valence-electron chi connectivity index (χ0n) is 48.8. The number of hydrogen-bond donors (Lipinski definition) is 0. The maximum atomic E-state index is 2.58. The average molecular weight is 1020 g/mol. The minimum atomic E-state index is 0.447. The van der Waals surface area contributed by atoms with Gasteiger partial charge in [-0.25, -0.2) is 0 Å². The number of fused-ring (bicyclic) bond motifs is 12. The molecule has 9 aromatic carbocycles. The molecular formula is C74H74N4. The third-order valence-corrected chi connectivity index (χ3v) is 17.9. The summed E-state index contributed by atoms with van der Waals surface area (Å²) in [6.07, 6.45) is 0. The lowest BCUT2D eigenvalue weighted by molar-refractivity contribution is 0.844. The quantitative estimate of drug-likeness (QED) is 0.136. The number of rotatable bonds is 10. The fourth-order valence-corrected chi connectivity index (χ4v) is 15.6. The first-order valence-corrected chi connectivity index (χ1v) is 28.7. The molecule has 0 N–H and O–H groups in total. The maximum Gasteiger partial charge on any atom is 0.0620 e. The molecule has 0 saturated heterocycles. The van der Waals surface area contributed by atoms with Crippen LogP contribution in [0.25, 0.3) is 76.2 Å². The highest BCUT2D eigenvalue weighted by molar-refractivity contribution is 6.29. The Morgan fingerprint density at radius 2 is 0.500 bits per heavy atom. The Kier molecular flexibility index (Phi) is 11.4. The monoisotopic (exact) mass is 1020 g/mol. The molecular weight excluding hydrogens is 945 g/mol. The first-order valence-electron chi connectivity index (χ1n) is 28.7. The zero-order valence-corrected chi connectivity index (χ0v) is 48.8. The molecule has 4 heterocycles. The SMILES string of the molecule is Cc1cc(N(c2cc(C)c(C(C)C)c(C)c2)c2ccc3c4cccc5c6cc7c(cc6n(c3c2)c45)c2cccc3c4ccc(N(c5cc(C)c(C(C)C)c(C)c5)c5cc(C)c(C(C)C)c(C)c5)cc4n7c32)cc(C)c1C(C)C. The van der Waals surface area contributed by atoms with Crippen LogP contribution in [0.2, 0.25) is 0 Å². The summed E-state index contributed by atoms with van der Waals surface area (Å²) in [7, 11) is 0. The first-order chi connectivity index (χ1) is 37.3. The molecule has 4 aromatic heterocycles. The summed E-state index contributed by atoms with van der Waals surface area (Å²) in [6, 6.07) is 52.6. The van der Waals surface area contributed by atoms with Crippen molar-refractivity contribution in [3.8, 4) is 0 Å². The minimum absolute atomic E-state index is 0.447. The van der Waals surface area contributed by atoms with E-state index in [1.54, 1.807) is 0 Å². The molecule has 0 saturated carbocycles. The van der Waals surface area contributed by atoms with Crippen LogP contribution in [0, 0.1) is 55.4 Å². The van der Waals surface area contributed by atoms with Crippen molar-refractivity contribution < 1.29 is 0 Å². The second kappa shape index (κ2) is 17.9. The van der Waals surface area contributed by atoms with Crippen molar-refractivity contribution in [1.82, 2.24) is 8.80 Å². The second-order valence-electron chi connectivity index (χ2n) is 24.6. The van der Waals surface area contributed by atoms with Gasteiger partial charge >= 0.3 is 0 Å². The molecule has 0 radical (unpaired) electrons. The predicted octanol–water partition coefficient (Wildman–Crippen LogP) is 21.9. The lowest BCUT2D eigenvalue weighted by Crippen LogP contribution is -2.13. The summed E-state index contributed by atoms with van der Waals surface area (Å²) in [5, 5.41) is 10.2. The molecule has 0 aliphatic carbocycles. The maximum absolute atomic E-state index is 2.58. The van der Waals surface area contributed by atoms with E-state index in [-0.39, 0.29) is 0 Å². The van der Waals surface area contributed by atoms with Crippen LogP contribution in [-0.2, 0) is 0 Å². The molecule has 0 fully saturated rings. The molecule has 0 amide bonds. The van der Waals surface area contributed by atoms with Gasteiger partial charge < -0.3 is 18.6 Å². The van der Waals surface area contributed by atoms with Crippen LogP contribution < -0.4 is 9.80 Å². The van der Waals surface area contributed by atoms with E-state index in [2.05, 4.69) is 263 Å². The lowest BCUT2D eigenvalue weighted by Gasteiger charge is -2.29. The highest BCUT2D eigenvalue weighted by Crippen LogP contribution is 2.49. The van der Waals surface area contributed by atoms with Gasteiger partial charge in [0, 0.05) is 77.2 Å². The zero-order chi connectivity index (χ0) is 54.7. The van der Waals surface area contributed by atoms with Crippen molar-refractivity contribution in [2.75, 3.05) is 9.80 Å². The van der Waals surface area contributed by atoms with Gasteiger partial charge in [-0.3, -0.25) is 0 Å². The molecule has 0 aliphatic rings.